The quantitative estimate of drug-likeness (QED) is 0.398. The number of hydrogen-bond acceptors (Lipinski definition) is 5. The zero-order valence-corrected chi connectivity index (χ0v) is 17.4. The van der Waals surface area contributed by atoms with E-state index in [-0.39, 0.29) is 5.56 Å². The maximum atomic E-state index is 13.0. The molecule has 32 heavy (non-hydrogen) atoms. The van der Waals surface area contributed by atoms with E-state index in [0.717, 1.165) is 22.3 Å². The first-order valence-electron chi connectivity index (χ1n) is 10.2. The predicted octanol–water partition coefficient (Wildman–Crippen LogP) is 5.40. The molecule has 0 unspecified atom stereocenters. The van der Waals surface area contributed by atoms with Gasteiger partial charge in [0, 0.05) is 6.20 Å². The van der Waals surface area contributed by atoms with E-state index in [1.165, 1.54) is 0 Å². The lowest BCUT2D eigenvalue weighted by Gasteiger charge is -2.11. The summed E-state index contributed by atoms with van der Waals surface area (Å²) in [5.74, 6) is 0.950. The molecule has 0 atom stereocenters. The Hall–Kier alpha value is -4.45. The smallest absolute Gasteiger partial charge is 0.262 e. The van der Waals surface area contributed by atoms with E-state index in [0.29, 0.717) is 28.4 Å². The largest absolute Gasteiger partial charge is 0.495 e. The first-order chi connectivity index (χ1) is 15.7. The summed E-state index contributed by atoms with van der Waals surface area (Å²) in [6.07, 6.45) is 1.67. The third-order valence-corrected chi connectivity index (χ3v) is 5.27. The lowest BCUT2D eigenvalue weighted by Crippen LogP contribution is -2.13. The van der Waals surface area contributed by atoms with Crippen molar-refractivity contribution >= 4 is 22.7 Å². The highest BCUT2D eigenvalue weighted by Crippen LogP contribution is 2.29. The first-order valence-corrected chi connectivity index (χ1v) is 10.2. The van der Waals surface area contributed by atoms with Crippen molar-refractivity contribution in [3.05, 3.63) is 101 Å². The average Bonchev–Trinajstić information content (AvgIpc) is 2.84. The summed E-state index contributed by atoms with van der Waals surface area (Å²) >= 11 is 0. The van der Waals surface area contributed by atoms with Crippen LogP contribution in [0.25, 0.3) is 33.3 Å². The molecule has 0 aliphatic heterocycles. The van der Waals surface area contributed by atoms with E-state index >= 15 is 0 Å². The molecule has 0 fully saturated rings. The van der Waals surface area contributed by atoms with Crippen LogP contribution < -0.4 is 15.6 Å². The van der Waals surface area contributed by atoms with Crippen LogP contribution in [0.4, 0.5) is 11.6 Å². The van der Waals surface area contributed by atoms with Gasteiger partial charge in [0.1, 0.15) is 5.75 Å². The molecule has 0 radical (unpaired) electrons. The molecule has 0 bridgehead atoms. The van der Waals surface area contributed by atoms with Crippen molar-refractivity contribution in [2.45, 2.75) is 0 Å². The number of H-pyrrole nitrogens is 1. The number of para-hydroxylation sites is 2. The van der Waals surface area contributed by atoms with E-state index < -0.39 is 0 Å². The Labute approximate surface area is 184 Å². The molecule has 0 spiro atoms. The molecule has 2 heterocycles. The van der Waals surface area contributed by atoms with Crippen LogP contribution in [0, 0.1) is 0 Å². The van der Waals surface area contributed by atoms with E-state index in [1.807, 2.05) is 60.7 Å². The molecule has 156 valence electrons. The second-order valence-corrected chi connectivity index (χ2v) is 7.24. The Morgan fingerprint density at radius 1 is 0.812 bits per heavy atom. The van der Waals surface area contributed by atoms with E-state index in [1.54, 1.807) is 13.3 Å². The van der Waals surface area contributed by atoms with Gasteiger partial charge < -0.3 is 10.1 Å². The van der Waals surface area contributed by atoms with Crippen LogP contribution in [-0.4, -0.2) is 22.1 Å². The van der Waals surface area contributed by atoms with Crippen LogP contribution in [-0.2, 0) is 0 Å². The van der Waals surface area contributed by atoms with Gasteiger partial charge >= 0.3 is 0 Å². The lowest BCUT2D eigenvalue weighted by atomic mass is 9.99. The van der Waals surface area contributed by atoms with Gasteiger partial charge in [0.2, 0.25) is 5.95 Å². The number of rotatable bonds is 5. The molecule has 5 aromatic rings. The summed E-state index contributed by atoms with van der Waals surface area (Å²) in [4.78, 5) is 24.7. The maximum absolute atomic E-state index is 13.0. The molecule has 2 N–H and O–H groups in total. The van der Waals surface area contributed by atoms with Crippen LogP contribution >= 0.6 is 0 Å². The Balaban J connectivity index is 1.53. The summed E-state index contributed by atoms with van der Waals surface area (Å²) in [6, 6.07) is 27.6. The monoisotopic (exact) mass is 420 g/mol. The highest BCUT2D eigenvalue weighted by atomic mass is 16.5. The molecule has 6 nitrogen and oxygen atoms in total. The standard InChI is InChI=1S/C26H20N4O2/c1-32-22-10-6-5-9-21(22)28-26-29-24-23(25(31)30-26)20(15-16-27-24)19-13-11-18(12-14-19)17-7-3-2-4-8-17/h2-16H,1H3,(H2,27,28,29,30,31). The number of benzene rings is 3. The molecule has 0 aliphatic carbocycles. The van der Waals surface area contributed by atoms with Crippen LogP contribution in [0.3, 0.4) is 0 Å². The van der Waals surface area contributed by atoms with Gasteiger partial charge in [-0.05, 0) is 40.5 Å². The van der Waals surface area contributed by atoms with E-state index in [2.05, 4.69) is 44.5 Å². The molecule has 0 saturated heterocycles. The lowest BCUT2D eigenvalue weighted by molar-refractivity contribution is 0.417. The summed E-state index contributed by atoms with van der Waals surface area (Å²) in [7, 11) is 1.59. The second kappa shape index (κ2) is 8.35. The highest BCUT2D eigenvalue weighted by Gasteiger charge is 2.13. The summed E-state index contributed by atoms with van der Waals surface area (Å²) in [6.45, 7) is 0. The van der Waals surface area contributed by atoms with Crippen molar-refractivity contribution < 1.29 is 4.74 Å². The fourth-order valence-corrected chi connectivity index (χ4v) is 3.71. The van der Waals surface area contributed by atoms with Gasteiger partial charge in [0.15, 0.2) is 5.65 Å². The molecular formula is C26H20N4O2. The van der Waals surface area contributed by atoms with E-state index in [9.17, 15) is 4.79 Å². The van der Waals surface area contributed by atoms with Crippen LogP contribution in [0.5, 0.6) is 5.75 Å². The van der Waals surface area contributed by atoms with Crippen molar-refractivity contribution in [3.63, 3.8) is 0 Å². The molecule has 6 heteroatoms. The average molecular weight is 420 g/mol. The molecule has 0 aliphatic rings. The zero-order chi connectivity index (χ0) is 21.9. The fourth-order valence-electron chi connectivity index (χ4n) is 3.71. The molecule has 5 rings (SSSR count). The Morgan fingerprint density at radius 2 is 1.50 bits per heavy atom. The van der Waals surface area contributed by atoms with Crippen molar-refractivity contribution in [3.8, 4) is 28.0 Å². The normalized spacial score (nSPS) is 10.8. The van der Waals surface area contributed by atoms with Crippen molar-refractivity contribution in [1.82, 2.24) is 15.0 Å². The van der Waals surface area contributed by atoms with Crippen molar-refractivity contribution in [2.24, 2.45) is 0 Å². The number of hydrogen-bond donors (Lipinski definition) is 2. The van der Waals surface area contributed by atoms with E-state index in [4.69, 9.17) is 4.74 Å². The SMILES string of the molecule is COc1ccccc1Nc1nc2nccc(-c3ccc(-c4ccccc4)cc3)c2c(=O)[nH]1. The van der Waals surface area contributed by atoms with Crippen LogP contribution in [0.1, 0.15) is 0 Å². The Morgan fingerprint density at radius 3 is 2.28 bits per heavy atom. The number of anilines is 2. The topological polar surface area (TPSA) is 79.9 Å². The summed E-state index contributed by atoms with van der Waals surface area (Å²) < 4.78 is 5.36. The van der Waals surface area contributed by atoms with Gasteiger partial charge in [-0.3, -0.25) is 9.78 Å². The Bertz CT molecular complexity index is 1440. The number of nitrogens with zero attached hydrogens (tertiary/aromatic N) is 2. The van der Waals surface area contributed by atoms with Gasteiger partial charge in [0.25, 0.3) is 5.56 Å². The van der Waals surface area contributed by atoms with Gasteiger partial charge in [0.05, 0.1) is 18.2 Å². The molecule has 0 amide bonds. The number of aromatic nitrogens is 3. The van der Waals surface area contributed by atoms with Gasteiger partial charge in [-0.25, -0.2) is 4.98 Å². The summed E-state index contributed by atoms with van der Waals surface area (Å²) in [5.41, 5.74) is 4.78. The zero-order valence-electron chi connectivity index (χ0n) is 17.4. The summed E-state index contributed by atoms with van der Waals surface area (Å²) in [5, 5.41) is 3.56. The fraction of sp³-hybridized carbons (Fsp3) is 0.0385. The molecule has 3 aromatic carbocycles. The number of aromatic amines is 1. The number of pyridine rings is 1. The number of nitrogens with one attached hydrogen (secondary N) is 2. The van der Waals surface area contributed by atoms with Crippen LogP contribution in [0.2, 0.25) is 0 Å². The minimum atomic E-state index is -0.261. The predicted molar refractivity (Wildman–Crippen MR) is 127 cm³/mol. The van der Waals surface area contributed by atoms with Crippen molar-refractivity contribution in [2.75, 3.05) is 12.4 Å². The second-order valence-electron chi connectivity index (χ2n) is 7.24. The third kappa shape index (κ3) is 3.70. The van der Waals surface area contributed by atoms with Gasteiger partial charge in [-0.15, -0.1) is 0 Å². The number of ether oxygens (including phenoxy) is 1. The number of fused-ring (bicyclic) bond motifs is 1. The third-order valence-electron chi connectivity index (χ3n) is 5.27. The first kappa shape index (κ1) is 19.5. The van der Waals surface area contributed by atoms with Crippen LogP contribution in [0.15, 0.2) is 95.9 Å². The molecule has 2 aromatic heterocycles. The van der Waals surface area contributed by atoms with Gasteiger partial charge in [-0.2, -0.15) is 4.98 Å². The van der Waals surface area contributed by atoms with Crippen molar-refractivity contribution in [1.29, 1.82) is 0 Å². The highest BCUT2D eigenvalue weighted by molar-refractivity contribution is 5.92. The molecular weight excluding hydrogens is 400 g/mol. The Kier molecular flexibility index (Phi) is 5.09. The minimum absolute atomic E-state index is 0.261. The molecule has 0 saturated carbocycles. The maximum Gasteiger partial charge on any atom is 0.262 e. The van der Waals surface area contributed by atoms with Gasteiger partial charge in [-0.1, -0.05) is 66.7 Å². The minimum Gasteiger partial charge on any atom is -0.495 e. The number of methoxy groups -OCH3 is 1.